The van der Waals surface area contributed by atoms with Gasteiger partial charge in [-0.3, -0.25) is 4.79 Å². The number of halogens is 2. The predicted octanol–water partition coefficient (Wildman–Crippen LogP) is 1.86. The molecule has 0 saturated carbocycles. The molecule has 1 rings (SSSR count). The van der Waals surface area contributed by atoms with Crippen LogP contribution in [0.25, 0.3) is 0 Å². The Kier molecular flexibility index (Phi) is 5.52. The van der Waals surface area contributed by atoms with Crippen LogP contribution in [0, 0.1) is 0 Å². The topological polar surface area (TPSA) is 68.0 Å². The van der Waals surface area contributed by atoms with Gasteiger partial charge in [0.05, 0.1) is 5.56 Å². The largest absolute Gasteiger partial charge is 0.352 e. The van der Waals surface area contributed by atoms with Crippen LogP contribution in [0.15, 0.2) is 12.1 Å². The van der Waals surface area contributed by atoms with Crippen molar-refractivity contribution in [1.29, 1.82) is 0 Å². The Hall–Kier alpha value is -0.840. The van der Waals surface area contributed by atoms with Crippen LogP contribution in [0.1, 0.15) is 23.2 Å². The van der Waals surface area contributed by atoms with Gasteiger partial charge in [-0.25, -0.2) is 4.98 Å². The van der Waals surface area contributed by atoms with Gasteiger partial charge in [-0.2, -0.15) is 0 Å². The molecule has 0 aliphatic heterocycles. The average Bonchev–Trinajstić information content (AvgIpc) is 2.24. The summed E-state index contributed by atoms with van der Waals surface area (Å²) in [7, 11) is 0. The lowest BCUT2D eigenvalue weighted by Gasteiger charge is -2.05. The lowest BCUT2D eigenvalue weighted by atomic mass is 10.2. The van der Waals surface area contributed by atoms with Gasteiger partial charge in [-0.1, -0.05) is 23.2 Å². The summed E-state index contributed by atoms with van der Waals surface area (Å²) in [6, 6.07) is 3.08. The molecule has 0 saturated heterocycles. The standard InChI is InChI=1S/C10H13Cl2N3O/c11-8-4-3-7(9(12)15-8)10(16)14-6-2-1-5-13/h3-4H,1-2,5-6,13H2,(H,14,16). The summed E-state index contributed by atoms with van der Waals surface area (Å²) in [6.45, 7) is 1.20. The first-order valence-electron chi connectivity index (χ1n) is 4.95. The molecule has 6 heteroatoms. The van der Waals surface area contributed by atoms with E-state index < -0.39 is 0 Å². The minimum Gasteiger partial charge on any atom is -0.352 e. The lowest BCUT2D eigenvalue weighted by Crippen LogP contribution is -2.25. The number of hydrogen-bond acceptors (Lipinski definition) is 3. The van der Waals surface area contributed by atoms with Crippen molar-refractivity contribution in [2.75, 3.05) is 13.1 Å². The van der Waals surface area contributed by atoms with Crippen LogP contribution < -0.4 is 11.1 Å². The first kappa shape index (κ1) is 13.2. The number of amides is 1. The summed E-state index contributed by atoms with van der Waals surface area (Å²) < 4.78 is 0. The van der Waals surface area contributed by atoms with E-state index in [9.17, 15) is 4.79 Å². The highest BCUT2D eigenvalue weighted by atomic mass is 35.5. The zero-order chi connectivity index (χ0) is 12.0. The van der Waals surface area contributed by atoms with E-state index in [4.69, 9.17) is 28.9 Å². The molecule has 1 aromatic rings. The smallest absolute Gasteiger partial charge is 0.254 e. The van der Waals surface area contributed by atoms with Crippen LogP contribution in [0.3, 0.4) is 0 Å². The molecule has 0 fully saturated rings. The molecule has 0 bridgehead atoms. The molecule has 16 heavy (non-hydrogen) atoms. The Balaban J connectivity index is 2.53. The zero-order valence-electron chi connectivity index (χ0n) is 8.67. The number of carbonyl (C=O) groups is 1. The van der Waals surface area contributed by atoms with E-state index in [0.29, 0.717) is 18.7 Å². The molecule has 1 amide bonds. The van der Waals surface area contributed by atoms with Gasteiger partial charge in [-0.15, -0.1) is 0 Å². The van der Waals surface area contributed by atoms with Crippen LogP contribution in [0.5, 0.6) is 0 Å². The van der Waals surface area contributed by atoms with Crippen molar-refractivity contribution in [3.8, 4) is 0 Å². The Bertz CT molecular complexity index is 371. The summed E-state index contributed by atoms with van der Waals surface area (Å²) in [5.74, 6) is -0.244. The number of rotatable bonds is 5. The van der Waals surface area contributed by atoms with Crippen LogP contribution in [0.2, 0.25) is 10.3 Å². The number of nitrogens with two attached hydrogens (primary N) is 1. The van der Waals surface area contributed by atoms with Gasteiger partial charge in [0.25, 0.3) is 5.91 Å². The molecular weight excluding hydrogens is 249 g/mol. The Labute approximate surface area is 104 Å². The van der Waals surface area contributed by atoms with Crippen LogP contribution in [-0.4, -0.2) is 24.0 Å². The SMILES string of the molecule is NCCCCNC(=O)c1ccc(Cl)nc1Cl. The highest BCUT2D eigenvalue weighted by molar-refractivity contribution is 6.34. The van der Waals surface area contributed by atoms with E-state index in [-0.39, 0.29) is 16.2 Å². The van der Waals surface area contributed by atoms with Gasteiger partial charge in [0.1, 0.15) is 10.3 Å². The summed E-state index contributed by atoms with van der Waals surface area (Å²) in [4.78, 5) is 15.4. The third-order valence-electron chi connectivity index (χ3n) is 1.98. The van der Waals surface area contributed by atoms with E-state index in [0.717, 1.165) is 12.8 Å². The molecule has 1 heterocycles. The van der Waals surface area contributed by atoms with Crippen molar-refractivity contribution >= 4 is 29.1 Å². The fourth-order valence-electron chi connectivity index (χ4n) is 1.15. The van der Waals surface area contributed by atoms with Gasteiger partial charge in [0.15, 0.2) is 0 Å². The molecular formula is C10H13Cl2N3O. The number of hydrogen-bond donors (Lipinski definition) is 2. The van der Waals surface area contributed by atoms with Crippen molar-refractivity contribution in [2.45, 2.75) is 12.8 Å². The van der Waals surface area contributed by atoms with Gasteiger partial charge in [0, 0.05) is 6.54 Å². The van der Waals surface area contributed by atoms with Gasteiger partial charge >= 0.3 is 0 Å². The number of aromatic nitrogens is 1. The third kappa shape index (κ3) is 3.96. The van der Waals surface area contributed by atoms with Crippen molar-refractivity contribution in [3.05, 3.63) is 28.0 Å². The summed E-state index contributed by atoms with van der Waals surface area (Å²) >= 11 is 11.4. The first-order valence-corrected chi connectivity index (χ1v) is 5.71. The fraction of sp³-hybridized carbons (Fsp3) is 0.400. The van der Waals surface area contributed by atoms with E-state index in [1.807, 2.05) is 0 Å². The van der Waals surface area contributed by atoms with E-state index in [1.165, 1.54) is 6.07 Å². The molecule has 0 atom stereocenters. The molecule has 4 nitrogen and oxygen atoms in total. The third-order valence-corrected chi connectivity index (χ3v) is 2.47. The number of carbonyl (C=O) groups excluding carboxylic acids is 1. The molecule has 0 unspecified atom stereocenters. The second kappa shape index (κ2) is 6.68. The molecule has 0 aliphatic rings. The van der Waals surface area contributed by atoms with Crippen molar-refractivity contribution < 1.29 is 4.79 Å². The quantitative estimate of drug-likeness (QED) is 0.628. The number of unbranched alkanes of at least 4 members (excludes halogenated alkanes) is 1. The van der Waals surface area contributed by atoms with Gasteiger partial charge < -0.3 is 11.1 Å². The predicted molar refractivity (Wildman–Crippen MR) is 64.9 cm³/mol. The highest BCUT2D eigenvalue weighted by Crippen LogP contribution is 2.16. The van der Waals surface area contributed by atoms with Crippen molar-refractivity contribution in [3.63, 3.8) is 0 Å². The van der Waals surface area contributed by atoms with Crippen LogP contribution in [0.4, 0.5) is 0 Å². The molecule has 1 aromatic heterocycles. The summed E-state index contributed by atoms with van der Waals surface area (Å²) in [5.41, 5.74) is 5.67. The second-order valence-corrected chi connectivity index (χ2v) is 3.97. The van der Waals surface area contributed by atoms with E-state index in [1.54, 1.807) is 6.07 Å². The van der Waals surface area contributed by atoms with Crippen molar-refractivity contribution in [1.82, 2.24) is 10.3 Å². The van der Waals surface area contributed by atoms with Gasteiger partial charge in [-0.05, 0) is 31.5 Å². The zero-order valence-corrected chi connectivity index (χ0v) is 10.2. The minimum absolute atomic E-state index is 0.115. The second-order valence-electron chi connectivity index (χ2n) is 3.22. The Morgan fingerprint density at radius 2 is 2.12 bits per heavy atom. The van der Waals surface area contributed by atoms with E-state index in [2.05, 4.69) is 10.3 Å². The highest BCUT2D eigenvalue weighted by Gasteiger charge is 2.10. The van der Waals surface area contributed by atoms with Crippen LogP contribution in [-0.2, 0) is 0 Å². The number of nitrogens with zero attached hydrogens (tertiary/aromatic N) is 1. The lowest BCUT2D eigenvalue weighted by molar-refractivity contribution is 0.0953. The molecule has 0 radical (unpaired) electrons. The maximum Gasteiger partial charge on any atom is 0.254 e. The normalized spacial score (nSPS) is 10.2. The number of pyridine rings is 1. The molecule has 0 aliphatic carbocycles. The summed E-state index contributed by atoms with van der Waals surface area (Å²) in [6.07, 6.45) is 1.73. The monoisotopic (exact) mass is 261 g/mol. The Morgan fingerprint density at radius 1 is 1.38 bits per heavy atom. The minimum atomic E-state index is -0.244. The van der Waals surface area contributed by atoms with Crippen LogP contribution >= 0.6 is 23.2 Å². The van der Waals surface area contributed by atoms with Gasteiger partial charge in [0.2, 0.25) is 0 Å². The summed E-state index contributed by atoms with van der Waals surface area (Å²) in [5, 5.41) is 3.11. The average molecular weight is 262 g/mol. The molecule has 3 N–H and O–H groups in total. The molecule has 88 valence electrons. The Morgan fingerprint density at radius 3 is 2.75 bits per heavy atom. The fourth-order valence-corrected chi connectivity index (χ4v) is 1.58. The number of nitrogens with one attached hydrogen (secondary N) is 1. The van der Waals surface area contributed by atoms with E-state index >= 15 is 0 Å². The van der Waals surface area contributed by atoms with Crippen molar-refractivity contribution in [2.24, 2.45) is 5.73 Å². The molecule has 0 spiro atoms. The first-order chi connectivity index (χ1) is 7.65. The molecule has 0 aromatic carbocycles. The maximum atomic E-state index is 11.6. The maximum absolute atomic E-state index is 11.6.